The number of aliphatic hydroxyl groups excluding tert-OH is 2. The Bertz CT molecular complexity index is 606. The maximum absolute atomic E-state index is 9.97. The number of ether oxygens (including phenoxy) is 1. The summed E-state index contributed by atoms with van der Waals surface area (Å²) in [5, 5.41) is 19.1. The number of halogens is 1. The Morgan fingerprint density at radius 2 is 2.21 bits per heavy atom. The van der Waals surface area contributed by atoms with Crippen LogP contribution in [-0.2, 0) is 4.74 Å². The summed E-state index contributed by atoms with van der Waals surface area (Å²) in [4.78, 5) is 12.2. The first-order valence-electron chi connectivity index (χ1n) is 5.65. The van der Waals surface area contributed by atoms with E-state index in [1.165, 1.54) is 6.33 Å². The number of alkyl halides is 1. The van der Waals surface area contributed by atoms with Gasteiger partial charge in [-0.1, -0.05) is 22.6 Å². The molecule has 1 saturated heterocycles. The van der Waals surface area contributed by atoms with Crippen LogP contribution in [0.1, 0.15) is 6.23 Å². The van der Waals surface area contributed by atoms with Gasteiger partial charge in [0.1, 0.15) is 17.9 Å². The van der Waals surface area contributed by atoms with E-state index in [4.69, 9.17) is 15.6 Å². The number of hydrogen-bond acceptors (Lipinski definition) is 7. The fourth-order valence-electron chi connectivity index (χ4n) is 2.13. The predicted octanol–water partition coefficient (Wildman–Crippen LogP) is -0.537. The van der Waals surface area contributed by atoms with E-state index in [-0.39, 0.29) is 10.5 Å². The van der Waals surface area contributed by atoms with Gasteiger partial charge in [-0.25, -0.2) is 15.0 Å². The van der Waals surface area contributed by atoms with Gasteiger partial charge in [-0.3, -0.25) is 4.57 Å². The van der Waals surface area contributed by atoms with E-state index in [2.05, 4.69) is 37.5 Å². The van der Waals surface area contributed by atoms with Crippen molar-refractivity contribution in [3.05, 3.63) is 12.7 Å². The molecule has 1 aliphatic heterocycles. The highest BCUT2D eigenvalue weighted by molar-refractivity contribution is 14.1. The molecule has 2 aromatic rings. The van der Waals surface area contributed by atoms with Crippen molar-refractivity contribution in [2.45, 2.75) is 22.4 Å². The number of aromatic nitrogens is 4. The second kappa shape index (κ2) is 4.81. The van der Waals surface area contributed by atoms with Crippen molar-refractivity contribution in [1.29, 1.82) is 0 Å². The highest BCUT2D eigenvalue weighted by Crippen LogP contribution is 2.36. The molecule has 0 aromatic carbocycles. The molecule has 0 bridgehead atoms. The Kier molecular flexibility index (Phi) is 3.28. The van der Waals surface area contributed by atoms with Crippen LogP contribution in [0.4, 0.5) is 5.82 Å². The molecule has 3 rings (SSSR count). The van der Waals surface area contributed by atoms with Gasteiger partial charge in [0.25, 0.3) is 0 Å². The average Bonchev–Trinajstić information content (AvgIpc) is 2.94. The fraction of sp³-hybridized carbons (Fsp3) is 0.500. The van der Waals surface area contributed by atoms with Gasteiger partial charge in [0.15, 0.2) is 17.7 Å². The van der Waals surface area contributed by atoms with E-state index in [1.807, 2.05) is 0 Å². The molecule has 1 fully saturated rings. The summed E-state index contributed by atoms with van der Waals surface area (Å²) in [6, 6.07) is 0. The lowest BCUT2D eigenvalue weighted by Crippen LogP contribution is -2.29. The second-order valence-corrected chi connectivity index (χ2v) is 5.70. The Balaban J connectivity index is 2.04. The number of fused-ring (bicyclic) bond motifs is 1. The smallest absolute Gasteiger partial charge is 0.167 e. The maximum atomic E-state index is 9.97. The summed E-state index contributed by atoms with van der Waals surface area (Å²) in [7, 11) is 0. The molecule has 102 valence electrons. The highest BCUT2D eigenvalue weighted by Gasteiger charge is 2.43. The normalized spacial score (nSPS) is 31.1. The second-order valence-electron chi connectivity index (χ2n) is 4.27. The lowest BCUT2D eigenvalue weighted by Gasteiger charge is -2.16. The number of nitrogens with zero attached hydrogens (tertiary/aromatic N) is 4. The zero-order chi connectivity index (χ0) is 13.6. The third-order valence-corrected chi connectivity index (χ3v) is 4.49. The predicted molar refractivity (Wildman–Crippen MR) is 74.5 cm³/mol. The molecule has 19 heavy (non-hydrogen) atoms. The van der Waals surface area contributed by atoms with E-state index in [1.54, 1.807) is 10.9 Å². The van der Waals surface area contributed by atoms with Gasteiger partial charge in [-0.05, 0) is 0 Å². The van der Waals surface area contributed by atoms with Crippen molar-refractivity contribution in [2.75, 3.05) is 12.3 Å². The molecule has 0 amide bonds. The Hall–Kier alpha value is -1.04. The van der Waals surface area contributed by atoms with Gasteiger partial charge >= 0.3 is 0 Å². The van der Waals surface area contributed by atoms with Crippen LogP contribution >= 0.6 is 22.6 Å². The number of anilines is 1. The quantitative estimate of drug-likeness (QED) is 0.475. The minimum Gasteiger partial charge on any atom is -0.394 e. The molecule has 3 heterocycles. The zero-order valence-electron chi connectivity index (χ0n) is 9.72. The number of imidazole rings is 1. The van der Waals surface area contributed by atoms with E-state index in [9.17, 15) is 5.11 Å². The number of rotatable bonds is 2. The van der Waals surface area contributed by atoms with Crippen LogP contribution < -0.4 is 5.73 Å². The lowest BCUT2D eigenvalue weighted by molar-refractivity contribution is -0.0429. The van der Waals surface area contributed by atoms with E-state index in [0.29, 0.717) is 17.0 Å². The molecule has 2 aromatic heterocycles. The van der Waals surface area contributed by atoms with Gasteiger partial charge in [0.2, 0.25) is 0 Å². The Morgan fingerprint density at radius 3 is 2.89 bits per heavy atom. The molecule has 0 radical (unpaired) electrons. The molecule has 1 aliphatic rings. The first kappa shape index (κ1) is 13.0. The molecule has 8 nitrogen and oxygen atoms in total. The van der Waals surface area contributed by atoms with Crippen molar-refractivity contribution in [1.82, 2.24) is 19.5 Å². The van der Waals surface area contributed by atoms with E-state index >= 15 is 0 Å². The lowest BCUT2D eigenvalue weighted by atomic mass is 10.2. The number of nitrogens with two attached hydrogens (primary N) is 1. The van der Waals surface area contributed by atoms with Crippen LogP contribution in [0.3, 0.4) is 0 Å². The summed E-state index contributed by atoms with van der Waals surface area (Å²) >= 11 is 2.09. The van der Waals surface area contributed by atoms with Gasteiger partial charge < -0.3 is 20.7 Å². The minimum absolute atomic E-state index is 0.219. The molecule has 9 heteroatoms. The van der Waals surface area contributed by atoms with Crippen LogP contribution in [0, 0.1) is 0 Å². The molecule has 0 aliphatic carbocycles. The van der Waals surface area contributed by atoms with Gasteiger partial charge in [-0.2, -0.15) is 0 Å². The highest BCUT2D eigenvalue weighted by atomic mass is 127. The third-order valence-electron chi connectivity index (χ3n) is 3.13. The summed E-state index contributed by atoms with van der Waals surface area (Å²) in [5.41, 5.74) is 6.77. The molecular formula is C10H12IN5O3. The molecule has 4 N–H and O–H groups in total. The molecule has 0 spiro atoms. The maximum Gasteiger partial charge on any atom is 0.167 e. The van der Waals surface area contributed by atoms with E-state index < -0.39 is 18.4 Å². The Morgan fingerprint density at radius 1 is 1.42 bits per heavy atom. The van der Waals surface area contributed by atoms with E-state index in [0.717, 1.165) is 0 Å². The average molecular weight is 377 g/mol. The summed E-state index contributed by atoms with van der Waals surface area (Å²) < 4.78 is 7.12. The fourth-order valence-corrected chi connectivity index (χ4v) is 3.11. The molecule has 0 saturated carbocycles. The monoisotopic (exact) mass is 377 g/mol. The molecule has 2 unspecified atom stereocenters. The van der Waals surface area contributed by atoms with Gasteiger partial charge in [0.05, 0.1) is 23.0 Å². The number of aliphatic hydroxyl groups is 2. The van der Waals surface area contributed by atoms with Crippen LogP contribution in [0.5, 0.6) is 0 Å². The molecule has 4 atom stereocenters. The number of hydrogen-bond donors (Lipinski definition) is 3. The van der Waals surface area contributed by atoms with Crippen molar-refractivity contribution in [3.8, 4) is 0 Å². The van der Waals surface area contributed by atoms with Crippen molar-refractivity contribution < 1.29 is 14.9 Å². The summed E-state index contributed by atoms with van der Waals surface area (Å²) in [6.45, 7) is -0.235. The first-order valence-corrected chi connectivity index (χ1v) is 6.89. The van der Waals surface area contributed by atoms with Crippen molar-refractivity contribution in [3.63, 3.8) is 0 Å². The topological polar surface area (TPSA) is 119 Å². The summed E-state index contributed by atoms with van der Waals surface area (Å²) in [6.07, 6.45) is 1.11. The largest absolute Gasteiger partial charge is 0.394 e. The van der Waals surface area contributed by atoms with Crippen LogP contribution in [0.2, 0.25) is 0 Å². The van der Waals surface area contributed by atoms with Crippen LogP contribution in [0.25, 0.3) is 11.2 Å². The Labute approximate surface area is 121 Å². The third kappa shape index (κ3) is 1.96. The van der Waals surface area contributed by atoms with Crippen LogP contribution in [-0.4, -0.2) is 52.5 Å². The standard InChI is InChI=1S/C10H12IN5O3/c11-5-7(18)4(1-17)19-10(5)16-3-15-6-8(12)13-2-14-9(6)16/h2-5,7,10,17-18H,1H2,(H2,12,13,14)/t4?,5-,7?,10+/m0/s1. The van der Waals surface area contributed by atoms with Gasteiger partial charge in [-0.15, -0.1) is 0 Å². The van der Waals surface area contributed by atoms with Crippen LogP contribution in [0.15, 0.2) is 12.7 Å². The van der Waals surface area contributed by atoms with Gasteiger partial charge in [0, 0.05) is 0 Å². The number of nitrogen functional groups attached to an aromatic ring is 1. The zero-order valence-corrected chi connectivity index (χ0v) is 11.9. The van der Waals surface area contributed by atoms with Crippen molar-refractivity contribution >= 4 is 39.6 Å². The van der Waals surface area contributed by atoms with Crippen molar-refractivity contribution in [2.24, 2.45) is 0 Å². The summed E-state index contributed by atoms with van der Waals surface area (Å²) in [5.74, 6) is 0.297. The molecular weight excluding hydrogens is 365 g/mol. The SMILES string of the molecule is Nc1ncnc2c1ncn2[C@@H]1OC(CO)C(O)[C@@H]1I. The minimum atomic E-state index is -0.743. The first-order chi connectivity index (χ1) is 9.13.